The molecule has 3 rings (SSSR count). The van der Waals surface area contributed by atoms with Crippen LogP contribution in [0.3, 0.4) is 0 Å². The molecular weight excluding hydrogens is 252 g/mol. The molecule has 0 atom stereocenters. The van der Waals surface area contributed by atoms with Crippen molar-refractivity contribution in [1.82, 2.24) is 0 Å². The lowest BCUT2D eigenvalue weighted by atomic mass is 10.1. The summed E-state index contributed by atoms with van der Waals surface area (Å²) in [6.07, 6.45) is 3.61. The molecule has 20 heavy (non-hydrogen) atoms. The van der Waals surface area contributed by atoms with Crippen LogP contribution < -0.4 is 5.32 Å². The second-order valence-electron chi connectivity index (χ2n) is 5.11. The van der Waals surface area contributed by atoms with E-state index in [-0.39, 0.29) is 10.6 Å². The van der Waals surface area contributed by atoms with Crippen LogP contribution >= 0.6 is 0 Å². The number of non-ortho nitro benzene ring substituents is 1. The first-order valence-electron chi connectivity index (χ1n) is 6.81. The van der Waals surface area contributed by atoms with E-state index < -0.39 is 0 Å². The highest BCUT2D eigenvalue weighted by molar-refractivity contribution is 5.50. The largest absolute Gasteiger partial charge is 0.381 e. The van der Waals surface area contributed by atoms with E-state index >= 15 is 0 Å². The van der Waals surface area contributed by atoms with Gasteiger partial charge in [-0.25, -0.2) is 0 Å². The molecular formula is C16H16N2O2. The van der Waals surface area contributed by atoms with E-state index in [0.29, 0.717) is 6.54 Å². The van der Waals surface area contributed by atoms with Crippen LogP contribution in [-0.2, 0) is 19.4 Å². The van der Waals surface area contributed by atoms with Gasteiger partial charge in [-0.2, -0.15) is 0 Å². The first kappa shape index (κ1) is 12.7. The first-order chi connectivity index (χ1) is 9.72. The summed E-state index contributed by atoms with van der Waals surface area (Å²) in [5.74, 6) is 0. The normalized spacial score (nSPS) is 13.0. The van der Waals surface area contributed by atoms with Crippen LogP contribution in [0.4, 0.5) is 11.4 Å². The number of hydrogen-bond donors (Lipinski definition) is 1. The van der Waals surface area contributed by atoms with E-state index in [9.17, 15) is 10.1 Å². The fourth-order valence-corrected chi connectivity index (χ4v) is 2.62. The van der Waals surface area contributed by atoms with E-state index in [4.69, 9.17) is 0 Å². The van der Waals surface area contributed by atoms with Crippen LogP contribution in [0.15, 0.2) is 42.5 Å². The van der Waals surface area contributed by atoms with Gasteiger partial charge in [0.15, 0.2) is 0 Å². The first-order valence-corrected chi connectivity index (χ1v) is 6.81. The van der Waals surface area contributed by atoms with Gasteiger partial charge in [-0.3, -0.25) is 10.1 Å². The van der Waals surface area contributed by atoms with Crippen LogP contribution in [-0.4, -0.2) is 4.92 Å². The number of aryl methyl sites for hydroxylation is 2. The Hall–Kier alpha value is -2.36. The maximum absolute atomic E-state index is 10.6. The van der Waals surface area contributed by atoms with E-state index in [1.807, 2.05) is 0 Å². The lowest BCUT2D eigenvalue weighted by Crippen LogP contribution is -2.00. The number of nitrogens with one attached hydrogen (secondary N) is 1. The smallest absolute Gasteiger partial charge is 0.269 e. The molecule has 102 valence electrons. The fraction of sp³-hybridized carbons (Fsp3) is 0.250. The summed E-state index contributed by atoms with van der Waals surface area (Å²) in [5, 5.41) is 14.0. The fourth-order valence-electron chi connectivity index (χ4n) is 2.62. The number of nitro groups is 1. The summed E-state index contributed by atoms with van der Waals surface area (Å²) in [4.78, 5) is 10.2. The molecule has 0 fully saturated rings. The molecule has 0 saturated heterocycles. The molecule has 4 heteroatoms. The van der Waals surface area contributed by atoms with Gasteiger partial charge in [-0.05, 0) is 48.1 Å². The van der Waals surface area contributed by atoms with Crippen molar-refractivity contribution >= 4 is 11.4 Å². The van der Waals surface area contributed by atoms with Gasteiger partial charge in [-0.1, -0.05) is 18.2 Å². The summed E-state index contributed by atoms with van der Waals surface area (Å²) in [6.45, 7) is 0.677. The topological polar surface area (TPSA) is 55.2 Å². The quantitative estimate of drug-likeness (QED) is 0.679. The second-order valence-corrected chi connectivity index (χ2v) is 5.11. The van der Waals surface area contributed by atoms with Gasteiger partial charge in [0, 0.05) is 24.4 Å². The average molecular weight is 268 g/mol. The number of rotatable bonds is 4. The second kappa shape index (κ2) is 5.33. The van der Waals surface area contributed by atoms with Crippen molar-refractivity contribution in [2.75, 3.05) is 5.32 Å². The average Bonchev–Trinajstić information content (AvgIpc) is 2.93. The van der Waals surface area contributed by atoms with Crippen molar-refractivity contribution < 1.29 is 4.92 Å². The highest BCUT2D eigenvalue weighted by Gasteiger charge is 2.10. The lowest BCUT2D eigenvalue weighted by molar-refractivity contribution is -0.384. The zero-order valence-corrected chi connectivity index (χ0v) is 11.1. The molecule has 1 N–H and O–H groups in total. The Morgan fingerprint density at radius 3 is 2.55 bits per heavy atom. The van der Waals surface area contributed by atoms with Gasteiger partial charge in [0.05, 0.1) is 4.92 Å². The standard InChI is InChI=1S/C16H16N2O2/c19-18(20)16-8-4-12(5-9-16)11-17-15-7-6-13-2-1-3-14(13)10-15/h4-10,17H,1-3,11H2. The zero-order valence-electron chi connectivity index (χ0n) is 11.1. The van der Waals surface area contributed by atoms with Gasteiger partial charge in [-0.15, -0.1) is 0 Å². The third-order valence-corrected chi connectivity index (χ3v) is 3.74. The van der Waals surface area contributed by atoms with Crippen LogP contribution in [0.2, 0.25) is 0 Å². The van der Waals surface area contributed by atoms with Crippen LogP contribution in [0, 0.1) is 10.1 Å². The number of hydrogen-bond acceptors (Lipinski definition) is 3. The highest BCUT2D eigenvalue weighted by atomic mass is 16.6. The Morgan fingerprint density at radius 2 is 1.80 bits per heavy atom. The minimum Gasteiger partial charge on any atom is -0.381 e. The van der Waals surface area contributed by atoms with E-state index in [2.05, 4.69) is 23.5 Å². The van der Waals surface area contributed by atoms with Crippen molar-refractivity contribution in [3.63, 3.8) is 0 Å². The minimum atomic E-state index is -0.377. The molecule has 0 heterocycles. The molecule has 1 aliphatic rings. The maximum Gasteiger partial charge on any atom is 0.269 e. The van der Waals surface area contributed by atoms with Crippen LogP contribution in [0.25, 0.3) is 0 Å². The SMILES string of the molecule is O=[N+]([O-])c1ccc(CNc2ccc3c(c2)CCC3)cc1. The third-order valence-electron chi connectivity index (χ3n) is 3.74. The molecule has 0 amide bonds. The predicted molar refractivity (Wildman–Crippen MR) is 78.9 cm³/mol. The number of nitrogens with zero attached hydrogens (tertiary/aromatic N) is 1. The van der Waals surface area contributed by atoms with Crippen molar-refractivity contribution in [2.45, 2.75) is 25.8 Å². The molecule has 0 unspecified atom stereocenters. The van der Waals surface area contributed by atoms with Crippen LogP contribution in [0.1, 0.15) is 23.1 Å². The molecule has 0 radical (unpaired) electrons. The summed E-state index contributed by atoms with van der Waals surface area (Å²) < 4.78 is 0. The Kier molecular flexibility index (Phi) is 3.37. The maximum atomic E-state index is 10.6. The molecule has 0 aromatic heterocycles. The van der Waals surface area contributed by atoms with E-state index in [1.165, 1.54) is 30.4 Å². The number of nitro benzene ring substituents is 1. The van der Waals surface area contributed by atoms with E-state index in [0.717, 1.165) is 11.3 Å². The Morgan fingerprint density at radius 1 is 1.05 bits per heavy atom. The van der Waals surface area contributed by atoms with Gasteiger partial charge in [0.1, 0.15) is 0 Å². The van der Waals surface area contributed by atoms with Crippen LogP contribution in [0.5, 0.6) is 0 Å². The van der Waals surface area contributed by atoms with Gasteiger partial charge in [0.25, 0.3) is 5.69 Å². The molecule has 1 aliphatic carbocycles. The van der Waals surface area contributed by atoms with E-state index in [1.54, 1.807) is 24.3 Å². The molecule has 4 nitrogen and oxygen atoms in total. The summed E-state index contributed by atoms with van der Waals surface area (Å²) >= 11 is 0. The van der Waals surface area contributed by atoms with Gasteiger partial charge >= 0.3 is 0 Å². The Labute approximate surface area is 117 Å². The molecule has 2 aromatic rings. The summed E-state index contributed by atoms with van der Waals surface area (Å²) in [7, 11) is 0. The van der Waals surface area contributed by atoms with Crippen molar-refractivity contribution in [1.29, 1.82) is 0 Å². The molecule has 0 spiro atoms. The highest BCUT2D eigenvalue weighted by Crippen LogP contribution is 2.25. The van der Waals surface area contributed by atoms with Gasteiger partial charge < -0.3 is 5.32 Å². The van der Waals surface area contributed by atoms with Crippen molar-refractivity contribution in [3.8, 4) is 0 Å². The van der Waals surface area contributed by atoms with Crippen molar-refractivity contribution in [3.05, 3.63) is 69.3 Å². The lowest BCUT2D eigenvalue weighted by Gasteiger charge is -2.08. The summed E-state index contributed by atoms with van der Waals surface area (Å²) in [5.41, 5.74) is 5.19. The molecule has 0 aliphatic heterocycles. The summed E-state index contributed by atoms with van der Waals surface area (Å²) in [6, 6.07) is 13.2. The van der Waals surface area contributed by atoms with Crippen molar-refractivity contribution in [2.24, 2.45) is 0 Å². The molecule has 0 saturated carbocycles. The zero-order chi connectivity index (χ0) is 13.9. The molecule has 2 aromatic carbocycles. The van der Waals surface area contributed by atoms with Gasteiger partial charge in [0.2, 0.25) is 0 Å². The monoisotopic (exact) mass is 268 g/mol. The Balaban J connectivity index is 1.65. The number of fused-ring (bicyclic) bond motifs is 1. The Bertz CT molecular complexity index is 635. The minimum absolute atomic E-state index is 0.131. The number of benzene rings is 2. The number of anilines is 1. The third kappa shape index (κ3) is 2.64. The predicted octanol–water partition coefficient (Wildman–Crippen LogP) is 3.70. The molecule has 0 bridgehead atoms.